The summed E-state index contributed by atoms with van der Waals surface area (Å²) in [5.74, 6) is -1.30. The van der Waals surface area contributed by atoms with Crippen LogP contribution >= 0.6 is 0 Å². The molecule has 0 fully saturated rings. The fourth-order valence-corrected chi connectivity index (χ4v) is 1.53. The van der Waals surface area contributed by atoms with Gasteiger partial charge in [-0.15, -0.1) is 0 Å². The minimum Gasteiger partial charge on any atom is -0.487 e. The molecule has 0 unspecified atom stereocenters. The minimum atomic E-state index is -1.13. The summed E-state index contributed by atoms with van der Waals surface area (Å²) < 4.78 is 19.1. The number of carboxylic acid groups (broad SMARTS) is 1. The number of aromatic nitrogens is 1. The smallest absolute Gasteiger partial charge is 0.328 e. The zero-order chi connectivity index (χ0) is 14.4. The predicted molar refractivity (Wildman–Crippen MR) is 71.6 cm³/mol. The van der Waals surface area contributed by atoms with Crippen molar-refractivity contribution in [1.82, 2.24) is 4.98 Å². The number of rotatable bonds is 5. The van der Waals surface area contributed by atoms with Crippen LogP contribution in [-0.4, -0.2) is 16.1 Å². The second-order valence-corrected chi connectivity index (χ2v) is 3.96. The van der Waals surface area contributed by atoms with E-state index in [1.807, 2.05) is 6.07 Å². The molecule has 4 nitrogen and oxygen atoms in total. The highest BCUT2D eigenvalue weighted by atomic mass is 19.1. The summed E-state index contributed by atoms with van der Waals surface area (Å²) in [6.45, 7) is 0.241. The van der Waals surface area contributed by atoms with Crippen molar-refractivity contribution in [3.05, 3.63) is 65.7 Å². The van der Waals surface area contributed by atoms with Crippen LogP contribution in [0.4, 0.5) is 4.39 Å². The van der Waals surface area contributed by atoms with Crippen molar-refractivity contribution in [3.63, 3.8) is 0 Å². The number of aliphatic carboxylic acids is 1. The van der Waals surface area contributed by atoms with Gasteiger partial charge in [0.25, 0.3) is 0 Å². The van der Waals surface area contributed by atoms with Gasteiger partial charge in [0.2, 0.25) is 0 Å². The monoisotopic (exact) mass is 273 g/mol. The lowest BCUT2D eigenvalue weighted by Gasteiger charge is -2.06. The second kappa shape index (κ2) is 6.47. The molecule has 0 atom stereocenters. The van der Waals surface area contributed by atoms with Gasteiger partial charge in [-0.25, -0.2) is 9.18 Å². The highest BCUT2D eigenvalue weighted by Crippen LogP contribution is 2.18. The second-order valence-electron chi connectivity index (χ2n) is 3.96. The van der Waals surface area contributed by atoms with Crippen LogP contribution in [0.5, 0.6) is 5.75 Å². The SMILES string of the molecule is O=C(O)C=Cc1ccc(OCc2ccccn2)cc1F. The number of hydrogen-bond acceptors (Lipinski definition) is 3. The molecule has 2 rings (SSSR count). The standard InChI is InChI=1S/C15H12FNO3/c16-14-9-13(6-4-11(14)5-7-15(18)19)20-10-12-3-1-2-8-17-12/h1-9H,10H2,(H,18,19). The van der Waals surface area contributed by atoms with E-state index in [0.29, 0.717) is 5.75 Å². The van der Waals surface area contributed by atoms with Gasteiger partial charge < -0.3 is 9.84 Å². The van der Waals surface area contributed by atoms with E-state index in [1.54, 1.807) is 24.4 Å². The first-order valence-electron chi connectivity index (χ1n) is 5.88. The van der Waals surface area contributed by atoms with Gasteiger partial charge in [-0.05, 0) is 30.3 Å². The van der Waals surface area contributed by atoms with E-state index in [9.17, 15) is 9.18 Å². The van der Waals surface area contributed by atoms with Crippen LogP contribution in [0.25, 0.3) is 6.08 Å². The van der Waals surface area contributed by atoms with Gasteiger partial charge in [0.05, 0.1) is 5.69 Å². The Bertz CT molecular complexity index is 626. The molecule has 1 aromatic carbocycles. The molecule has 1 N–H and O–H groups in total. The van der Waals surface area contributed by atoms with Crippen LogP contribution in [0.3, 0.4) is 0 Å². The van der Waals surface area contributed by atoms with Gasteiger partial charge in [-0.2, -0.15) is 0 Å². The average Bonchev–Trinajstić information content (AvgIpc) is 2.45. The number of carbonyl (C=O) groups is 1. The van der Waals surface area contributed by atoms with Gasteiger partial charge in [-0.1, -0.05) is 6.07 Å². The summed E-state index contributed by atoms with van der Waals surface area (Å²) in [6, 6.07) is 9.69. The Balaban J connectivity index is 2.04. The van der Waals surface area contributed by atoms with Crippen molar-refractivity contribution in [2.24, 2.45) is 0 Å². The lowest BCUT2D eigenvalue weighted by atomic mass is 10.2. The summed E-state index contributed by atoms with van der Waals surface area (Å²) in [5.41, 5.74) is 0.931. The quantitative estimate of drug-likeness (QED) is 0.851. The number of carboxylic acids is 1. The molecule has 0 amide bonds. The van der Waals surface area contributed by atoms with Gasteiger partial charge in [0.15, 0.2) is 0 Å². The van der Waals surface area contributed by atoms with Crippen molar-refractivity contribution >= 4 is 12.0 Å². The maximum atomic E-state index is 13.7. The summed E-state index contributed by atoms with van der Waals surface area (Å²) in [6.07, 6.45) is 3.73. The molecule has 0 aliphatic rings. The fourth-order valence-electron chi connectivity index (χ4n) is 1.53. The van der Waals surface area contributed by atoms with Gasteiger partial charge >= 0.3 is 5.97 Å². The molecule has 0 saturated heterocycles. The Morgan fingerprint density at radius 2 is 2.20 bits per heavy atom. The molecule has 102 valence electrons. The Morgan fingerprint density at radius 1 is 1.35 bits per heavy atom. The highest BCUT2D eigenvalue weighted by molar-refractivity contribution is 5.85. The molecule has 1 aromatic heterocycles. The fraction of sp³-hybridized carbons (Fsp3) is 0.0667. The van der Waals surface area contributed by atoms with Crippen LogP contribution in [0.15, 0.2) is 48.7 Å². The lowest BCUT2D eigenvalue weighted by molar-refractivity contribution is -0.131. The molecule has 20 heavy (non-hydrogen) atoms. The third-order valence-corrected chi connectivity index (χ3v) is 2.49. The number of halogens is 1. The molecule has 0 radical (unpaired) electrons. The summed E-state index contributed by atoms with van der Waals surface area (Å²) in [7, 11) is 0. The van der Waals surface area contributed by atoms with E-state index in [0.717, 1.165) is 11.8 Å². The Hall–Kier alpha value is -2.69. The molecule has 2 aromatic rings. The van der Waals surface area contributed by atoms with Crippen LogP contribution in [0.2, 0.25) is 0 Å². The molecule has 1 heterocycles. The molecular formula is C15H12FNO3. The van der Waals surface area contributed by atoms with E-state index in [4.69, 9.17) is 9.84 Å². The Kier molecular flexibility index (Phi) is 4.44. The zero-order valence-electron chi connectivity index (χ0n) is 10.5. The van der Waals surface area contributed by atoms with Crippen molar-refractivity contribution in [3.8, 4) is 5.75 Å². The summed E-state index contributed by atoms with van der Waals surface area (Å²) >= 11 is 0. The molecule has 0 aliphatic heterocycles. The number of benzene rings is 1. The molecule has 0 aliphatic carbocycles. The van der Waals surface area contributed by atoms with Crippen LogP contribution in [-0.2, 0) is 11.4 Å². The van der Waals surface area contributed by atoms with E-state index in [1.165, 1.54) is 18.2 Å². The number of pyridine rings is 1. The van der Waals surface area contributed by atoms with Crippen LogP contribution in [0.1, 0.15) is 11.3 Å². The van der Waals surface area contributed by atoms with Crippen LogP contribution < -0.4 is 4.74 Å². The van der Waals surface area contributed by atoms with Crippen molar-refractivity contribution in [1.29, 1.82) is 0 Å². The number of nitrogens with zero attached hydrogens (tertiary/aromatic N) is 1. The van der Waals surface area contributed by atoms with Crippen molar-refractivity contribution in [2.75, 3.05) is 0 Å². The number of ether oxygens (including phenoxy) is 1. The number of hydrogen-bond donors (Lipinski definition) is 1. The van der Waals surface area contributed by atoms with Gasteiger partial charge in [-0.3, -0.25) is 4.98 Å². The normalized spacial score (nSPS) is 10.7. The Morgan fingerprint density at radius 3 is 2.85 bits per heavy atom. The summed E-state index contributed by atoms with van der Waals surface area (Å²) in [5, 5.41) is 8.49. The molecular weight excluding hydrogens is 261 g/mol. The topological polar surface area (TPSA) is 59.4 Å². The largest absolute Gasteiger partial charge is 0.487 e. The van der Waals surface area contributed by atoms with Crippen LogP contribution in [0, 0.1) is 5.82 Å². The Labute approximate surface area is 115 Å². The third kappa shape index (κ3) is 3.91. The average molecular weight is 273 g/mol. The summed E-state index contributed by atoms with van der Waals surface area (Å²) in [4.78, 5) is 14.5. The first-order valence-corrected chi connectivity index (χ1v) is 5.88. The third-order valence-electron chi connectivity index (χ3n) is 2.49. The van der Waals surface area contributed by atoms with Crippen molar-refractivity contribution < 1.29 is 19.0 Å². The van der Waals surface area contributed by atoms with Gasteiger partial charge in [0, 0.05) is 23.9 Å². The molecule has 0 spiro atoms. The maximum Gasteiger partial charge on any atom is 0.328 e. The van der Waals surface area contributed by atoms with E-state index in [-0.39, 0.29) is 12.2 Å². The molecule has 0 bridgehead atoms. The first-order chi connectivity index (χ1) is 9.65. The van der Waals surface area contributed by atoms with E-state index in [2.05, 4.69) is 4.98 Å². The highest BCUT2D eigenvalue weighted by Gasteiger charge is 2.03. The van der Waals surface area contributed by atoms with E-state index >= 15 is 0 Å². The van der Waals surface area contributed by atoms with E-state index < -0.39 is 11.8 Å². The predicted octanol–water partition coefficient (Wildman–Crippen LogP) is 2.90. The van der Waals surface area contributed by atoms with Gasteiger partial charge in [0.1, 0.15) is 18.2 Å². The minimum absolute atomic E-state index is 0.192. The van der Waals surface area contributed by atoms with Crippen molar-refractivity contribution in [2.45, 2.75) is 6.61 Å². The lowest BCUT2D eigenvalue weighted by Crippen LogP contribution is -1.98. The first kappa shape index (κ1) is 13.7. The molecule has 0 saturated carbocycles. The zero-order valence-corrected chi connectivity index (χ0v) is 10.5. The maximum absolute atomic E-state index is 13.7. The molecule has 5 heteroatoms.